The largest absolute Gasteiger partial charge is 0.309 e. The molecule has 0 unspecified atom stereocenters. The van der Waals surface area contributed by atoms with E-state index in [-0.39, 0.29) is 0 Å². The SMILES string of the molecule is [C-]#[N+]c1ccc2c(c1)c1ccccc1n2-c1cc(-c2ccccc2)cc(-c2cc(C#N)cc(-n3c4ccccc4c4ccccc43)c2)c1C#N. The molecule has 0 saturated carbocycles. The molecule has 0 radical (unpaired) electrons. The van der Waals surface area contributed by atoms with E-state index < -0.39 is 0 Å². The lowest BCUT2D eigenvalue weighted by Crippen LogP contribution is -2.02. The highest BCUT2D eigenvalue weighted by Crippen LogP contribution is 2.41. The third-order valence-corrected chi connectivity index (χ3v) is 9.56. The molecule has 2 aromatic heterocycles. The molecule has 9 rings (SSSR count). The summed E-state index contributed by atoms with van der Waals surface area (Å²) in [5.74, 6) is 0. The quantitative estimate of drug-likeness (QED) is 0.181. The van der Waals surface area contributed by atoms with Crippen molar-refractivity contribution < 1.29 is 0 Å². The highest BCUT2D eigenvalue weighted by atomic mass is 15.0. The van der Waals surface area contributed by atoms with Gasteiger partial charge in [0.2, 0.25) is 0 Å². The molecule has 50 heavy (non-hydrogen) atoms. The van der Waals surface area contributed by atoms with Crippen molar-refractivity contribution in [3.8, 4) is 45.8 Å². The van der Waals surface area contributed by atoms with Gasteiger partial charge in [-0.05, 0) is 82.7 Å². The first-order valence-corrected chi connectivity index (χ1v) is 16.3. The smallest absolute Gasteiger partial charge is 0.188 e. The zero-order chi connectivity index (χ0) is 33.8. The maximum Gasteiger partial charge on any atom is 0.188 e. The maximum atomic E-state index is 11.0. The Kier molecular flexibility index (Phi) is 6.56. The van der Waals surface area contributed by atoms with Gasteiger partial charge in [0.25, 0.3) is 0 Å². The predicted molar refractivity (Wildman–Crippen MR) is 202 cm³/mol. The maximum absolute atomic E-state index is 11.0. The number of nitrogens with zero attached hydrogens (tertiary/aromatic N) is 5. The van der Waals surface area contributed by atoms with Crippen molar-refractivity contribution in [3.05, 3.63) is 174 Å². The molecule has 5 nitrogen and oxygen atoms in total. The van der Waals surface area contributed by atoms with E-state index in [2.05, 4.69) is 92.8 Å². The summed E-state index contributed by atoms with van der Waals surface area (Å²) in [6, 6.07) is 55.6. The Labute approximate surface area is 288 Å². The molecule has 0 bridgehead atoms. The van der Waals surface area contributed by atoms with Gasteiger partial charge in [-0.25, -0.2) is 4.85 Å². The summed E-state index contributed by atoms with van der Waals surface area (Å²) in [4.78, 5) is 3.69. The molecule has 0 amide bonds. The zero-order valence-electron chi connectivity index (χ0n) is 26.7. The fraction of sp³-hybridized carbons (Fsp3) is 0. The predicted octanol–water partition coefficient (Wildman–Crippen LogP) is 11.5. The van der Waals surface area contributed by atoms with Gasteiger partial charge in [0.05, 0.1) is 51.5 Å². The number of nitriles is 2. The third-order valence-electron chi connectivity index (χ3n) is 9.56. The molecule has 0 spiro atoms. The molecular formula is C45H25N5. The lowest BCUT2D eigenvalue weighted by Gasteiger charge is -2.18. The summed E-state index contributed by atoms with van der Waals surface area (Å²) in [5, 5.41) is 25.6. The van der Waals surface area contributed by atoms with Crippen LogP contribution in [0.5, 0.6) is 0 Å². The second-order valence-corrected chi connectivity index (χ2v) is 12.3. The van der Waals surface area contributed by atoms with E-state index in [1.807, 2.05) is 84.9 Å². The van der Waals surface area contributed by atoms with Crippen LogP contribution in [0, 0.1) is 29.2 Å². The average Bonchev–Trinajstić information content (AvgIpc) is 3.70. The van der Waals surface area contributed by atoms with Crippen molar-refractivity contribution in [1.82, 2.24) is 9.13 Å². The molecule has 0 aliphatic carbocycles. The van der Waals surface area contributed by atoms with E-state index in [4.69, 9.17) is 6.57 Å². The number of fused-ring (bicyclic) bond motifs is 6. The van der Waals surface area contributed by atoms with E-state index in [0.29, 0.717) is 16.8 Å². The first kappa shape index (κ1) is 28.8. The van der Waals surface area contributed by atoms with Gasteiger partial charge in [0, 0.05) is 27.4 Å². The summed E-state index contributed by atoms with van der Waals surface area (Å²) >= 11 is 0. The molecule has 0 fully saturated rings. The van der Waals surface area contributed by atoms with Gasteiger partial charge >= 0.3 is 0 Å². The van der Waals surface area contributed by atoms with Gasteiger partial charge in [-0.1, -0.05) is 91.0 Å². The van der Waals surface area contributed by atoms with Crippen LogP contribution in [0.25, 0.3) is 82.1 Å². The fourth-order valence-corrected chi connectivity index (χ4v) is 7.40. The van der Waals surface area contributed by atoms with Crippen LogP contribution in [0.2, 0.25) is 0 Å². The third kappa shape index (κ3) is 4.38. The van der Waals surface area contributed by atoms with Crippen LogP contribution in [0.1, 0.15) is 11.1 Å². The molecule has 2 heterocycles. The van der Waals surface area contributed by atoms with Gasteiger partial charge in [-0.15, -0.1) is 0 Å². The fourth-order valence-electron chi connectivity index (χ4n) is 7.40. The Morgan fingerprint density at radius 2 is 1.08 bits per heavy atom. The number of hydrogen-bond donors (Lipinski definition) is 0. The van der Waals surface area contributed by atoms with Crippen molar-refractivity contribution in [2.75, 3.05) is 0 Å². The number of para-hydroxylation sites is 3. The Balaban J connectivity index is 1.38. The van der Waals surface area contributed by atoms with Crippen molar-refractivity contribution in [2.24, 2.45) is 0 Å². The number of hydrogen-bond acceptors (Lipinski definition) is 2. The normalized spacial score (nSPS) is 11.1. The zero-order valence-corrected chi connectivity index (χ0v) is 26.7. The van der Waals surface area contributed by atoms with E-state index >= 15 is 0 Å². The van der Waals surface area contributed by atoms with Gasteiger partial charge in [-0.3, -0.25) is 0 Å². The number of rotatable bonds is 4. The van der Waals surface area contributed by atoms with Crippen LogP contribution in [0.4, 0.5) is 5.69 Å². The van der Waals surface area contributed by atoms with Crippen molar-refractivity contribution in [3.63, 3.8) is 0 Å². The molecule has 9 aromatic rings. The molecule has 5 heteroatoms. The van der Waals surface area contributed by atoms with Gasteiger partial charge in [0.15, 0.2) is 5.69 Å². The van der Waals surface area contributed by atoms with E-state index in [0.717, 1.165) is 77.2 Å². The first-order chi connectivity index (χ1) is 24.7. The van der Waals surface area contributed by atoms with Gasteiger partial charge in [-0.2, -0.15) is 10.5 Å². The molecular weight excluding hydrogens is 611 g/mol. The molecule has 0 N–H and O–H groups in total. The van der Waals surface area contributed by atoms with Crippen LogP contribution in [0.15, 0.2) is 152 Å². The second kappa shape index (κ2) is 11.4. The van der Waals surface area contributed by atoms with Crippen LogP contribution in [0.3, 0.4) is 0 Å². The molecule has 0 aliphatic heterocycles. The van der Waals surface area contributed by atoms with Crippen LogP contribution >= 0.6 is 0 Å². The Morgan fingerprint density at radius 3 is 1.72 bits per heavy atom. The highest BCUT2D eigenvalue weighted by Gasteiger charge is 2.21. The average molecular weight is 636 g/mol. The lowest BCUT2D eigenvalue weighted by atomic mass is 9.92. The van der Waals surface area contributed by atoms with E-state index in [1.54, 1.807) is 0 Å². The minimum absolute atomic E-state index is 0.491. The van der Waals surface area contributed by atoms with Gasteiger partial charge < -0.3 is 9.13 Å². The summed E-state index contributed by atoms with van der Waals surface area (Å²) in [6.45, 7) is 7.65. The topological polar surface area (TPSA) is 61.8 Å². The Bertz CT molecular complexity index is 2910. The molecule has 0 saturated heterocycles. The van der Waals surface area contributed by atoms with E-state index in [9.17, 15) is 10.5 Å². The molecule has 7 aromatic carbocycles. The Hall–Kier alpha value is -7.39. The minimum Gasteiger partial charge on any atom is -0.309 e. The standard InChI is InChI=1S/C45H25N5/c1-48-33-19-20-44-39(26-33)37-15-7-10-18-43(37)50(44)45-25-31(30-11-3-2-4-12-30)24-38(40(45)28-47)32-21-29(27-46)22-34(23-32)49-41-16-8-5-13-35(41)36-14-6-9-17-42(36)49/h2-26H. The summed E-state index contributed by atoms with van der Waals surface area (Å²) < 4.78 is 4.33. The van der Waals surface area contributed by atoms with E-state index in [1.165, 1.54) is 0 Å². The molecule has 230 valence electrons. The molecule has 0 aliphatic rings. The van der Waals surface area contributed by atoms with Crippen LogP contribution < -0.4 is 0 Å². The Morgan fingerprint density at radius 1 is 0.480 bits per heavy atom. The monoisotopic (exact) mass is 635 g/mol. The van der Waals surface area contributed by atoms with Crippen molar-refractivity contribution in [2.45, 2.75) is 0 Å². The number of aromatic nitrogens is 2. The summed E-state index contributed by atoms with van der Waals surface area (Å²) in [6.07, 6.45) is 0. The number of benzene rings is 7. The first-order valence-electron chi connectivity index (χ1n) is 16.3. The second-order valence-electron chi connectivity index (χ2n) is 12.3. The van der Waals surface area contributed by atoms with Gasteiger partial charge in [0.1, 0.15) is 6.07 Å². The minimum atomic E-state index is 0.491. The van der Waals surface area contributed by atoms with Crippen LogP contribution in [-0.4, -0.2) is 9.13 Å². The highest BCUT2D eigenvalue weighted by molar-refractivity contribution is 6.11. The summed E-state index contributed by atoms with van der Waals surface area (Å²) in [5.41, 5.74) is 10.5. The van der Waals surface area contributed by atoms with Crippen molar-refractivity contribution >= 4 is 49.3 Å². The lowest BCUT2D eigenvalue weighted by molar-refractivity contribution is 1.16. The summed E-state index contributed by atoms with van der Waals surface area (Å²) in [7, 11) is 0. The molecule has 0 atom stereocenters. The van der Waals surface area contributed by atoms with Crippen LogP contribution in [-0.2, 0) is 0 Å². The van der Waals surface area contributed by atoms with Crippen molar-refractivity contribution in [1.29, 1.82) is 10.5 Å².